The zero-order valence-corrected chi connectivity index (χ0v) is 12.4. The Hall–Kier alpha value is -2.37. The molecule has 0 atom stereocenters. The average Bonchev–Trinajstić information content (AvgIpc) is 2.78. The van der Waals surface area contributed by atoms with Gasteiger partial charge in [0.2, 0.25) is 0 Å². The molecular formula is C16H19N3O3. The van der Waals surface area contributed by atoms with Gasteiger partial charge in [-0.2, -0.15) is 0 Å². The van der Waals surface area contributed by atoms with Crippen LogP contribution < -0.4 is 0 Å². The lowest BCUT2D eigenvalue weighted by Gasteiger charge is -2.19. The van der Waals surface area contributed by atoms with Gasteiger partial charge in [-0.05, 0) is 25.0 Å². The summed E-state index contributed by atoms with van der Waals surface area (Å²) in [6.07, 6.45) is 7.77. The van der Waals surface area contributed by atoms with E-state index in [2.05, 4.69) is 4.98 Å². The third-order valence-electron chi connectivity index (χ3n) is 3.86. The van der Waals surface area contributed by atoms with Crippen LogP contribution in [0.25, 0.3) is 5.65 Å². The Kier molecular flexibility index (Phi) is 4.37. The number of aromatic nitrogens is 2. The molecule has 0 unspecified atom stereocenters. The fourth-order valence-electron chi connectivity index (χ4n) is 2.65. The summed E-state index contributed by atoms with van der Waals surface area (Å²) in [5.74, 6) is -0.689. The van der Waals surface area contributed by atoms with Crippen molar-refractivity contribution in [3.63, 3.8) is 0 Å². The number of ether oxygens (including phenoxy) is 1. The maximum atomic E-state index is 12.1. The summed E-state index contributed by atoms with van der Waals surface area (Å²) in [6, 6.07) is 5.51. The molecule has 1 saturated heterocycles. The molecule has 3 heterocycles. The van der Waals surface area contributed by atoms with Crippen molar-refractivity contribution in [2.75, 3.05) is 19.7 Å². The Balaban J connectivity index is 1.58. The van der Waals surface area contributed by atoms with Gasteiger partial charge in [0.05, 0.1) is 0 Å². The van der Waals surface area contributed by atoms with Crippen LogP contribution in [0.15, 0.2) is 30.6 Å². The Morgan fingerprint density at radius 2 is 1.91 bits per heavy atom. The molecule has 6 heteroatoms. The van der Waals surface area contributed by atoms with Gasteiger partial charge in [-0.1, -0.05) is 18.9 Å². The predicted molar refractivity (Wildman–Crippen MR) is 80.5 cm³/mol. The molecule has 1 aliphatic rings. The summed E-state index contributed by atoms with van der Waals surface area (Å²) in [4.78, 5) is 30.0. The monoisotopic (exact) mass is 301 g/mol. The van der Waals surface area contributed by atoms with E-state index in [0.717, 1.165) is 38.8 Å². The summed E-state index contributed by atoms with van der Waals surface area (Å²) in [7, 11) is 0. The molecule has 6 nitrogen and oxygen atoms in total. The smallest absolute Gasteiger partial charge is 0.359 e. The van der Waals surface area contributed by atoms with Gasteiger partial charge < -0.3 is 14.0 Å². The molecule has 1 aliphatic heterocycles. The number of pyridine rings is 1. The first-order valence-electron chi connectivity index (χ1n) is 7.63. The SMILES string of the molecule is O=C(OCC(=O)N1CCCCCC1)c1cn2ccccc2n1. The van der Waals surface area contributed by atoms with Crippen LogP contribution >= 0.6 is 0 Å². The minimum atomic E-state index is -0.563. The molecule has 0 radical (unpaired) electrons. The third-order valence-corrected chi connectivity index (χ3v) is 3.86. The van der Waals surface area contributed by atoms with E-state index in [9.17, 15) is 9.59 Å². The Labute approximate surface area is 128 Å². The molecule has 0 N–H and O–H groups in total. The largest absolute Gasteiger partial charge is 0.451 e. The minimum absolute atomic E-state index is 0.126. The number of hydrogen-bond acceptors (Lipinski definition) is 4. The molecule has 116 valence electrons. The van der Waals surface area contributed by atoms with E-state index < -0.39 is 5.97 Å². The number of fused-ring (bicyclic) bond motifs is 1. The maximum Gasteiger partial charge on any atom is 0.359 e. The zero-order valence-electron chi connectivity index (χ0n) is 12.4. The summed E-state index contributed by atoms with van der Waals surface area (Å²) >= 11 is 0. The van der Waals surface area contributed by atoms with Crippen LogP contribution in [0.3, 0.4) is 0 Å². The highest BCUT2D eigenvalue weighted by atomic mass is 16.5. The lowest BCUT2D eigenvalue weighted by Crippen LogP contribution is -2.35. The second-order valence-electron chi connectivity index (χ2n) is 5.46. The fraction of sp³-hybridized carbons (Fsp3) is 0.438. The molecule has 0 aliphatic carbocycles. The number of amides is 1. The first-order valence-corrected chi connectivity index (χ1v) is 7.63. The predicted octanol–water partition coefficient (Wildman–Crippen LogP) is 1.89. The van der Waals surface area contributed by atoms with Gasteiger partial charge in [-0.15, -0.1) is 0 Å². The van der Waals surface area contributed by atoms with Gasteiger partial charge in [0.15, 0.2) is 12.3 Å². The molecule has 1 amide bonds. The van der Waals surface area contributed by atoms with Crippen LogP contribution in [-0.2, 0) is 9.53 Å². The molecule has 0 spiro atoms. The highest BCUT2D eigenvalue weighted by Gasteiger charge is 2.19. The molecule has 2 aromatic rings. The highest BCUT2D eigenvalue weighted by Crippen LogP contribution is 2.10. The van der Waals surface area contributed by atoms with Crippen molar-refractivity contribution < 1.29 is 14.3 Å². The van der Waals surface area contributed by atoms with Crippen LogP contribution in [-0.4, -0.2) is 45.9 Å². The van der Waals surface area contributed by atoms with Gasteiger partial charge in [-0.3, -0.25) is 4.79 Å². The first kappa shape index (κ1) is 14.6. The second-order valence-corrected chi connectivity index (χ2v) is 5.46. The molecular weight excluding hydrogens is 282 g/mol. The normalized spacial score (nSPS) is 15.5. The van der Waals surface area contributed by atoms with Crippen molar-refractivity contribution in [2.45, 2.75) is 25.7 Å². The molecule has 0 saturated carbocycles. The van der Waals surface area contributed by atoms with Crippen LogP contribution in [0, 0.1) is 0 Å². The van der Waals surface area contributed by atoms with Crippen molar-refractivity contribution in [2.24, 2.45) is 0 Å². The number of rotatable bonds is 3. The molecule has 22 heavy (non-hydrogen) atoms. The van der Waals surface area contributed by atoms with E-state index in [1.807, 2.05) is 18.3 Å². The number of esters is 1. The summed E-state index contributed by atoms with van der Waals surface area (Å²) < 4.78 is 6.85. The standard InChI is InChI=1S/C16H19N3O3/c20-15(18-8-4-1-2-5-9-18)12-22-16(21)13-11-19-10-6-3-7-14(19)17-13/h3,6-7,10-11H,1-2,4-5,8-9,12H2. The van der Waals surface area contributed by atoms with Gasteiger partial charge >= 0.3 is 5.97 Å². The number of carbonyl (C=O) groups excluding carboxylic acids is 2. The topological polar surface area (TPSA) is 63.9 Å². The van der Waals surface area contributed by atoms with Crippen LogP contribution in [0.1, 0.15) is 36.2 Å². The second kappa shape index (κ2) is 6.60. The molecule has 0 bridgehead atoms. The summed E-state index contributed by atoms with van der Waals surface area (Å²) in [5, 5.41) is 0. The van der Waals surface area contributed by atoms with Crippen LogP contribution in [0.4, 0.5) is 0 Å². The van der Waals surface area contributed by atoms with E-state index >= 15 is 0 Å². The number of hydrogen-bond donors (Lipinski definition) is 0. The lowest BCUT2D eigenvalue weighted by atomic mass is 10.2. The quantitative estimate of drug-likeness (QED) is 0.812. The van der Waals surface area contributed by atoms with Crippen molar-refractivity contribution >= 4 is 17.5 Å². The van der Waals surface area contributed by atoms with Gasteiger partial charge in [0.1, 0.15) is 5.65 Å². The molecule has 2 aromatic heterocycles. The number of likely N-dealkylation sites (tertiary alicyclic amines) is 1. The van der Waals surface area contributed by atoms with E-state index in [-0.39, 0.29) is 18.2 Å². The van der Waals surface area contributed by atoms with E-state index in [0.29, 0.717) is 5.65 Å². The number of imidazole rings is 1. The Morgan fingerprint density at radius 3 is 2.64 bits per heavy atom. The fourth-order valence-corrected chi connectivity index (χ4v) is 2.65. The molecule has 0 aromatic carbocycles. The van der Waals surface area contributed by atoms with E-state index in [1.165, 1.54) is 0 Å². The Bertz CT molecular complexity index is 639. The van der Waals surface area contributed by atoms with Gasteiger partial charge in [0, 0.05) is 25.5 Å². The van der Waals surface area contributed by atoms with E-state index in [1.54, 1.807) is 21.6 Å². The molecule has 3 rings (SSSR count). The van der Waals surface area contributed by atoms with Crippen molar-refractivity contribution in [1.29, 1.82) is 0 Å². The third kappa shape index (κ3) is 3.27. The first-order chi connectivity index (χ1) is 10.7. The van der Waals surface area contributed by atoms with Crippen molar-refractivity contribution in [3.05, 3.63) is 36.3 Å². The Morgan fingerprint density at radius 1 is 1.14 bits per heavy atom. The van der Waals surface area contributed by atoms with Gasteiger partial charge in [0.25, 0.3) is 5.91 Å². The van der Waals surface area contributed by atoms with Crippen molar-refractivity contribution in [1.82, 2.24) is 14.3 Å². The van der Waals surface area contributed by atoms with Gasteiger partial charge in [-0.25, -0.2) is 9.78 Å². The van der Waals surface area contributed by atoms with Crippen LogP contribution in [0.2, 0.25) is 0 Å². The molecule has 1 fully saturated rings. The summed E-state index contributed by atoms with van der Waals surface area (Å²) in [5.41, 5.74) is 0.892. The van der Waals surface area contributed by atoms with Crippen LogP contribution in [0.5, 0.6) is 0 Å². The number of nitrogens with zero attached hydrogens (tertiary/aromatic N) is 3. The van der Waals surface area contributed by atoms with E-state index in [4.69, 9.17) is 4.74 Å². The zero-order chi connectivity index (χ0) is 15.4. The minimum Gasteiger partial charge on any atom is -0.451 e. The summed E-state index contributed by atoms with van der Waals surface area (Å²) in [6.45, 7) is 1.29. The lowest BCUT2D eigenvalue weighted by molar-refractivity contribution is -0.134. The number of carbonyl (C=O) groups is 2. The maximum absolute atomic E-state index is 12.1. The van der Waals surface area contributed by atoms with Crippen molar-refractivity contribution in [3.8, 4) is 0 Å². The average molecular weight is 301 g/mol. The highest BCUT2D eigenvalue weighted by molar-refractivity contribution is 5.90.